The summed E-state index contributed by atoms with van der Waals surface area (Å²) in [5.41, 5.74) is 0. The Morgan fingerprint density at radius 1 is 1.57 bits per heavy atom. The monoisotopic (exact) mass is 225 g/mol. The molecule has 0 aliphatic rings. The lowest BCUT2D eigenvalue weighted by Crippen LogP contribution is -2.44. The zero-order valence-electron chi connectivity index (χ0n) is 7.20. The van der Waals surface area contributed by atoms with E-state index in [9.17, 15) is 9.36 Å². The fourth-order valence-corrected chi connectivity index (χ4v) is 1.36. The highest BCUT2D eigenvalue weighted by atomic mass is 31.2. The maximum absolute atomic E-state index is 10.7. The van der Waals surface area contributed by atoms with Gasteiger partial charge in [0, 0.05) is 0 Å². The van der Waals surface area contributed by atoms with Gasteiger partial charge in [0.25, 0.3) is 0 Å². The third-order valence-corrected chi connectivity index (χ3v) is 2.52. The van der Waals surface area contributed by atoms with E-state index in [-0.39, 0.29) is 0 Å². The van der Waals surface area contributed by atoms with Crippen molar-refractivity contribution < 1.29 is 29.4 Å². The Balaban J connectivity index is 4.53. The molecule has 0 amide bonds. The van der Waals surface area contributed by atoms with Crippen LogP contribution in [0.5, 0.6) is 0 Å². The number of hydrogen-bond acceptors (Lipinski definition) is 4. The van der Waals surface area contributed by atoms with Crippen molar-refractivity contribution in [3.63, 3.8) is 0 Å². The second-order valence-corrected chi connectivity index (χ2v) is 4.24. The van der Waals surface area contributed by atoms with Gasteiger partial charge in [0.1, 0.15) is 11.8 Å². The summed E-state index contributed by atoms with van der Waals surface area (Å²) in [5, 5.41) is 19.1. The van der Waals surface area contributed by atoms with E-state index in [2.05, 4.69) is 11.9 Å². The van der Waals surface area contributed by atoms with Gasteiger partial charge in [-0.3, -0.25) is 14.7 Å². The molecule has 0 saturated carbocycles. The molecule has 2 atom stereocenters. The molecule has 0 spiro atoms. The minimum absolute atomic E-state index is 0.764. The highest BCUT2D eigenvalue weighted by molar-refractivity contribution is 7.52. The van der Waals surface area contributed by atoms with Crippen molar-refractivity contribution in [2.24, 2.45) is 0 Å². The second kappa shape index (κ2) is 5.23. The van der Waals surface area contributed by atoms with E-state index in [1.165, 1.54) is 0 Å². The second-order valence-electron chi connectivity index (χ2n) is 2.51. The molecule has 0 aromatic heterocycles. The third kappa shape index (κ3) is 3.99. The molecule has 0 heterocycles. The van der Waals surface area contributed by atoms with Crippen molar-refractivity contribution in [3.8, 4) is 0 Å². The quantitative estimate of drug-likeness (QED) is 0.281. The van der Waals surface area contributed by atoms with Gasteiger partial charge in [-0.05, 0) is 0 Å². The summed E-state index contributed by atoms with van der Waals surface area (Å²) in [6.45, 7) is 2.38. The molecule has 82 valence electrons. The summed E-state index contributed by atoms with van der Waals surface area (Å²) in [7, 11) is -4.49. The van der Waals surface area contributed by atoms with Crippen molar-refractivity contribution in [3.05, 3.63) is 12.7 Å². The van der Waals surface area contributed by atoms with Crippen molar-refractivity contribution in [2.75, 3.05) is 6.61 Å². The Bertz CT molecular complexity index is 261. The molecule has 0 fully saturated rings. The van der Waals surface area contributed by atoms with Crippen LogP contribution in [0.25, 0.3) is 0 Å². The van der Waals surface area contributed by atoms with Crippen LogP contribution in [-0.4, -0.2) is 44.4 Å². The molecule has 1 unspecified atom stereocenters. The SMILES string of the molecule is C=CC(N[C@@H](CO)C(=O)O)P(=O)(O)O. The maximum Gasteiger partial charge on any atom is 0.346 e. The largest absolute Gasteiger partial charge is 0.480 e. The van der Waals surface area contributed by atoms with Crippen molar-refractivity contribution in [1.82, 2.24) is 5.32 Å². The lowest BCUT2D eigenvalue weighted by Gasteiger charge is -2.19. The van der Waals surface area contributed by atoms with Gasteiger partial charge < -0.3 is 20.0 Å². The van der Waals surface area contributed by atoms with Crippen LogP contribution in [0.4, 0.5) is 0 Å². The number of carboxylic acid groups (broad SMARTS) is 1. The van der Waals surface area contributed by atoms with E-state index < -0.39 is 32.0 Å². The lowest BCUT2D eigenvalue weighted by atomic mass is 10.3. The van der Waals surface area contributed by atoms with Gasteiger partial charge in [-0.2, -0.15) is 0 Å². The van der Waals surface area contributed by atoms with Crippen LogP contribution in [0.1, 0.15) is 0 Å². The van der Waals surface area contributed by atoms with Crippen LogP contribution in [-0.2, 0) is 9.36 Å². The fraction of sp³-hybridized carbons (Fsp3) is 0.500. The molecule has 0 bridgehead atoms. The van der Waals surface area contributed by atoms with Gasteiger partial charge in [-0.1, -0.05) is 6.08 Å². The molecular formula is C6H12NO6P. The predicted molar refractivity (Wildman–Crippen MR) is 47.7 cm³/mol. The van der Waals surface area contributed by atoms with Crippen LogP contribution in [0.3, 0.4) is 0 Å². The number of rotatable bonds is 6. The van der Waals surface area contributed by atoms with Crippen LogP contribution in [0.15, 0.2) is 12.7 Å². The number of aliphatic hydroxyl groups is 1. The molecule has 0 aliphatic carbocycles. The summed E-state index contributed by atoms with van der Waals surface area (Å²) in [6.07, 6.45) is 0.895. The van der Waals surface area contributed by atoms with Crippen molar-refractivity contribution in [2.45, 2.75) is 11.8 Å². The number of aliphatic hydroxyl groups excluding tert-OH is 1. The van der Waals surface area contributed by atoms with Gasteiger partial charge in [0.15, 0.2) is 0 Å². The zero-order chi connectivity index (χ0) is 11.4. The van der Waals surface area contributed by atoms with Crippen molar-refractivity contribution in [1.29, 1.82) is 0 Å². The normalized spacial score (nSPS) is 15.9. The Hall–Kier alpha value is -0.720. The van der Waals surface area contributed by atoms with Gasteiger partial charge >= 0.3 is 13.6 Å². The first-order chi connectivity index (χ1) is 6.32. The van der Waals surface area contributed by atoms with E-state index in [0.717, 1.165) is 6.08 Å². The first kappa shape index (κ1) is 13.3. The first-order valence-electron chi connectivity index (χ1n) is 3.60. The summed E-state index contributed by atoms with van der Waals surface area (Å²) in [6, 6.07) is -1.43. The summed E-state index contributed by atoms with van der Waals surface area (Å²) >= 11 is 0. The fourth-order valence-electron chi connectivity index (χ4n) is 0.711. The minimum atomic E-state index is -4.49. The molecule has 7 nitrogen and oxygen atoms in total. The van der Waals surface area contributed by atoms with E-state index in [0.29, 0.717) is 0 Å². The van der Waals surface area contributed by atoms with E-state index in [1.807, 2.05) is 0 Å². The maximum atomic E-state index is 10.7. The molecule has 0 aliphatic heterocycles. The Morgan fingerprint density at radius 2 is 2.07 bits per heavy atom. The van der Waals surface area contributed by atoms with Crippen LogP contribution < -0.4 is 5.32 Å². The molecular weight excluding hydrogens is 213 g/mol. The Morgan fingerprint density at radius 3 is 2.29 bits per heavy atom. The standard InChI is InChI=1S/C6H12NO6P/c1-2-5(14(11,12)13)7-4(3-8)6(9)10/h2,4-5,7-8H,1,3H2,(H,9,10)(H2,11,12,13)/t4-,5?/m0/s1. The molecule has 0 saturated heterocycles. The van der Waals surface area contributed by atoms with Crippen LogP contribution in [0.2, 0.25) is 0 Å². The van der Waals surface area contributed by atoms with Crippen LogP contribution >= 0.6 is 7.60 Å². The third-order valence-electron chi connectivity index (χ3n) is 1.44. The molecule has 5 N–H and O–H groups in total. The van der Waals surface area contributed by atoms with Crippen molar-refractivity contribution >= 4 is 13.6 Å². The zero-order valence-corrected chi connectivity index (χ0v) is 8.09. The molecule has 0 aromatic carbocycles. The predicted octanol–water partition coefficient (Wildman–Crippen LogP) is -1.29. The minimum Gasteiger partial charge on any atom is -0.480 e. The first-order valence-corrected chi connectivity index (χ1v) is 5.28. The Kier molecular flexibility index (Phi) is 4.96. The van der Waals surface area contributed by atoms with Gasteiger partial charge in [-0.15, -0.1) is 6.58 Å². The highest BCUT2D eigenvalue weighted by Crippen LogP contribution is 2.40. The molecule has 0 radical (unpaired) electrons. The average Bonchev–Trinajstić information content (AvgIpc) is 2.03. The van der Waals surface area contributed by atoms with E-state index in [4.69, 9.17) is 20.0 Å². The highest BCUT2D eigenvalue weighted by Gasteiger charge is 2.30. The number of hydrogen-bond donors (Lipinski definition) is 5. The molecule has 0 aromatic rings. The molecule has 0 rings (SSSR count). The summed E-state index contributed by atoms with van der Waals surface area (Å²) in [4.78, 5) is 27.8. The Labute approximate surface area is 80.2 Å². The summed E-state index contributed by atoms with van der Waals surface area (Å²) in [5.74, 6) is -2.87. The van der Waals surface area contributed by atoms with E-state index in [1.54, 1.807) is 0 Å². The number of carbonyl (C=O) groups is 1. The molecule has 8 heteroatoms. The lowest BCUT2D eigenvalue weighted by molar-refractivity contribution is -0.140. The topological polar surface area (TPSA) is 127 Å². The van der Waals surface area contributed by atoms with Gasteiger partial charge in [0.2, 0.25) is 0 Å². The number of carboxylic acids is 1. The number of aliphatic carboxylic acids is 1. The average molecular weight is 225 g/mol. The smallest absolute Gasteiger partial charge is 0.346 e. The van der Waals surface area contributed by atoms with Crippen LogP contribution in [0, 0.1) is 0 Å². The molecule has 14 heavy (non-hydrogen) atoms. The van der Waals surface area contributed by atoms with Gasteiger partial charge in [-0.25, -0.2) is 0 Å². The number of nitrogens with one attached hydrogen (secondary N) is 1. The van der Waals surface area contributed by atoms with Gasteiger partial charge in [0.05, 0.1) is 6.61 Å². The summed E-state index contributed by atoms with van der Waals surface area (Å²) < 4.78 is 10.7. The van der Waals surface area contributed by atoms with E-state index >= 15 is 0 Å².